The Bertz CT molecular complexity index is 926. The molecule has 6 heteroatoms. The predicted molar refractivity (Wildman–Crippen MR) is 98.7 cm³/mol. The van der Waals surface area contributed by atoms with E-state index in [-0.39, 0.29) is 10.8 Å². The van der Waals surface area contributed by atoms with Crippen molar-refractivity contribution in [2.45, 2.75) is 23.9 Å². The lowest BCUT2D eigenvalue weighted by molar-refractivity contribution is 0.119. The van der Waals surface area contributed by atoms with Crippen LogP contribution in [0.5, 0.6) is 0 Å². The first-order valence-corrected chi connectivity index (χ1v) is 10.1. The maximum Gasteiger partial charge on any atom is 0.334 e. The third-order valence-corrected chi connectivity index (χ3v) is 6.74. The fourth-order valence-corrected chi connectivity index (χ4v) is 5.29. The van der Waals surface area contributed by atoms with Gasteiger partial charge in [0.15, 0.2) is 0 Å². The van der Waals surface area contributed by atoms with Crippen LogP contribution in [0, 0.1) is 5.92 Å². The molecule has 2 aromatic carbocycles. The van der Waals surface area contributed by atoms with Gasteiger partial charge in [-0.1, -0.05) is 60.7 Å². The second kappa shape index (κ2) is 6.61. The molecule has 0 unspecified atom stereocenters. The minimum absolute atomic E-state index is 0.0925. The molecule has 4 rings (SSSR count). The summed E-state index contributed by atoms with van der Waals surface area (Å²) in [7, 11) is -3.90. The van der Waals surface area contributed by atoms with Crippen LogP contribution in [0.1, 0.15) is 12.0 Å². The first-order chi connectivity index (χ1) is 12.6. The van der Waals surface area contributed by atoms with E-state index in [1.165, 1.54) is 12.1 Å². The van der Waals surface area contributed by atoms with Crippen molar-refractivity contribution >= 4 is 16.1 Å². The SMILES string of the molecule is O=C1N(Cc2ccccc2)C[C@@H]2CC=C[C@@H]2N1S(=O)(=O)c1ccccc1. The monoisotopic (exact) mass is 368 g/mol. The number of allylic oxidation sites excluding steroid dienone is 1. The van der Waals surface area contributed by atoms with Gasteiger partial charge in [0.2, 0.25) is 0 Å². The van der Waals surface area contributed by atoms with Crippen LogP contribution in [0.2, 0.25) is 0 Å². The summed E-state index contributed by atoms with van der Waals surface area (Å²) in [6.07, 6.45) is 4.61. The second-order valence-corrected chi connectivity index (χ2v) is 8.49. The predicted octanol–water partition coefficient (Wildman–Crippen LogP) is 3.26. The molecule has 2 aromatic rings. The molecule has 1 aliphatic heterocycles. The van der Waals surface area contributed by atoms with Crippen molar-refractivity contribution in [2.75, 3.05) is 6.54 Å². The van der Waals surface area contributed by atoms with Gasteiger partial charge in [0.25, 0.3) is 10.0 Å². The van der Waals surface area contributed by atoms with E-state index in [0.717, 1.165) is 16.3 Å². The van der Waals surface area contributed by atoms with Crippen molar-refractivity contribution < 1.29 is 13.2 Å². The molecule has 1 heterocycles. The van der Waals surface area contributed by atoms with Gasteiger partial charge >= 0.3 is 6.03 Å². The summed E-state index contributed by atoms with van der Waals surface area (Å²) in [6.45, 7) is 0.968. The largest absolute Gasteiger partial charge is 0.334 e. The fourth-order valence-electron chi connectivity index (χ4n) is 3.67. The summed E-state index contributed by atoms with van der Waals surface area (Å²) in [5.74, 6) is 0.0925. The summed E-state index contributed by atoms with van der Waals surface area (Å²) in [5, 5.41) is 0. The van der Waals surface area contributed by atoms with Gasteiger partial charge in [-0.05, 0) is 24.1 Å². The molecule has 1 saturated heterocycles. The van der Waals surface area contributed by atoms with Crippen molar-refractivity contribution in [1.29, 1.82) is 0 Å². The molecule has 0 radical (unpaired) electrons. The van der Waals surface area contributed by atoms with Crippen molar-refractivity contribution in [3.63, 3.8) is 0 Å². The number of hydrogen-bond donors (Lipinski definition) is 0. The highest BCUT2D eigenvalue weighted by Gasteiger charge is 2.46. The third kappa shape index (κ3) is 2.90. The normalized spacial score (nSPS) is 22.5. The van der Waals surface area contributed by atoms with E-state index >= 15 is 0 Å². The highest BCUT2D eigenvalue weighted by atomic mass is 32.2. The maximum atomic E-state index is 13.2. The van der Waals surface area contributed by atoms with Gasteiger partial charge < -0.3 is 4.90 Å². The zero-order valence-electron chi connectivity index (χ0n) is 14.2. The van der Waals surface area contributed by atoms with Gasteiger partial charge in [-0.3, -0.25) is 0 Å². The van der Waals surface area contributed by atoms with Crippen molar-refractivity contribution in [3.05, 3.63) is 78.4 Å². The Morgan fingerprint density at radius 1 is 0.962 bits per heavy atom. The number of urea groups is 1. The summed E-state index contributed by atoms with van der Waals surface area (Å²) in [5.41, 5.74) is 0.988. The number of benzene rings is 2. The van der Waals surface area contributed by atoms with E-state index in [4.69, 9.17) is 0 Å². The second-order valence-electron chi connectivity index (χ2n) is 6.68. The summed E-state index contributed by atoms with van der Waals surface area (Å²) < 4.78 is 27.4. The van der Waals surface area contributed by atoms with Crippen molar-refractivity contribution in [3.8, 4) is 0 Å². The zero-order valence-corrected chi connectivity index (χ0v) is 15.0. The fraction of sp³-hybridized carbons (Fsp3) is 0.250. The average molecular weight is 368 g/mol. The van der Waals surface area contributed by atoms with Crippen LogP contribution in [0.4, 0.5) is 4.79 Å². The quantitative estimate of drug-likeness (QED) is 0.779. The van der Waals surface area contributed by atoms with Crippen LogP contribution in [0.25, 0.3) is 0 Å². The highest BCUT2D eigenvalue weighted by molar-refractivity contribution is 7.89. The molecule has 0 spiro atoms. The van der Waals surface area contributed by atoms with Crippen LogP contribution < -0.4 is 0 Å². The lowest BCUT2D eigenvalue weighted by atomic mass is 9.99. The molecular formula is C20H20N2O3S. The molecule has 5 nitrogen and oxygen atoms in total. The zero-order chi connectivity index (χ0) is 18.1. The Morgan fingerprint density at radius 2 is 1.62 bits per heavy atom. The van der Waals surface area contributed by atoms with Crippen LogP contribution in [0.15, 0.2) is 77.7 Å². The number of sulfonamides is 1. The van der Waals surface area contributed by atoms with E-state index in [9.17, 15) is 13.2 Å². The Morgan fingerprint density at radius 3 is 2.31 bits per heavy atom. The van der Waals surface area contributed by atoms with Gasteiger partial charge in [0.05, 0.1) is 10.9 Å². The Labute approximate surface area is 153 Å². The Balaban J connectivity index is 1.69. The molecule has 0 saturated carbocycles. The smallest absolute Gasteiger partial charge is 0.319 e. The average Bonchev–Trinajstić information content (AvgIpc) is 3.11. The number of rotatable bonds is 4. The molecule has 1 aliphatic carbocycles. The number of carbonyl (C=O) groups is 1. The number of carbonyl (C=O) groups excluding carboxylic acids is 1. The number of hydrogen-bond acceptors (Lipinski definition) is 3. The van der Waals surface area contributed by atoms with Crippen LogP contribution in [0.3, 0.4) is 0 Å². The first-order valence-electron chi connectivity index (χ1n) is 8.66. The number of fused-ring (bicyclic) bond motifs is 1. The van der Waals surface area contributed by atoms with E-state index < -0.39 is 22.1 Å². The summed E-state index contributed by atoms with van der Waals surface area (Å²) in [4.78, 5) is 14.9. The lowest BCUT2D eigenvalue weighted by Crippen LogP contribution is -2.58. The van der Waals surface area contributed by atoms with Gasteiger partial charge in [-0.2, -0.15) is 0 Å². The summed E-state index contributed by atoms with van der Waals surface area (Å²) in [6, 6.07) is 17.0. The van der Waals surface area contributed by atoms with Crippen LogP contribution >= 0.6 is 0 Å². The topological polar surface area (TPSA) is 57.7 Å². The molecule has 2 aliphatic rings. The number of amides is 2. The van der Waals surface area contributed by atoms with Gasteiger partial charge in [-0.15, -0.1) is 0 Å². The number of nitrogens with zero attached hydrogens (tertiary/aromatic N) is 2. The minimum atomic E-state index is -3.90. The molecule has 0 N–H and O–H groups in total. The van der Waals surface area contributed by atoms with Gasteiger partial charge in [0, 0.05) is 19.0 Å². The molecule has 0 bridgehead atoms. The third-order valence-electron chi connectivity index (χ3n) is 4.96. The van der Waals surface area contributed by atoms with E-state index in [1.807, 2.05) is 42.5 Å². The molecule has 2 atom stereocenters. The molecule has 26 heavy (non-hydrogen) atoms. The molecule has 0 aromatic heterocycles. The van der Waals surface area contributed by atoms with Crippen molar-refractivity contribution in [2.24, 2.45) is 5.92 Å². The molecule has 2 amide bonds. The van der Waals surface area contributed by atoms with Gasteiger partial charge in [-0.25, -0.2) is 17.5 Å². The lowest BCUT2D eigenvalue weighted by Gasteiger charge is -2.42. The Hall–Kier alpha value is -2.60. The van der Waals surface area contributed by atoms with Crippen LogP contribution in [-0.4, -0.2) is 36.2 Å². The standard InChI is InChI=1S/C20H20N2O3S/c23-20-21(14-16-8-3-1-4-9-16)15-17-10-7-13-19(17)22(20)26(24,25)18-11-5-2-6-12-18/h1-9,11-13,17,19H,10,14-15H2/t17-,19-/m0/s1. The van der Waals surface area contributed by atoms with Crippen molar-refractivity contribution in [1.82, 2.24) is 9.21 Å². The minimum Gasteiger partial charge on any atom is -0.319 e. The maximum absolute atomic E-state index is 13.2. The van der Waals surface area contributed by atoms with Gasteiger partial charge in [0.1, 0.15) is 0 Å². The van der Waals surface area contributed by atoms with Crippen LogP contribution in [-0.2, 0) is 16.6 Å². The van der Waals surface area contributed by atoms with E-state index in [1.54, 1.807) is 23.1 Å². The molecule has 1 fully saturated rings. The first kappa shape index (κ1) is 16.8. The molecule has 134 valence electrons. The summed E-state index contributed by atoms with van der Waals surface area (Å²) >= 11 is 0. The van der Waals surface area contributed by atoms with E-state index in [2.05, 4.69) is 0 Å². The Kier molecular flexibility index (Phi) is 4.28. The molecular weight excluding hydrogens is 348 g/mol. The van der Waals surface area contributed by atoms with E-state index in [0.29, 0.717) is 13.1 Å². The highest BCUT2D eigenvalue weighted by Crippen LogP contribution is 2.35.